The van der Waals surface area contributed by atoms with Gasteiger partial charge in [0, 0.05) is 32.4 Å². The van der Waals surface area contributed by atoms with E-state index < -0.39 is 0 Å². The van der Waals surface area contributed by atoms with Crippen LogP contribution in [-0.4, -0.2) is 44.7 Å². The van der Waals surface area contributed by atoms with Gasteiger partial charge in [-0.1, -0.05) is 18.9 Å². The summed E-state index contributed by atoms with van der Waals surface area (Å²) in [5.41, 5.74) is 0.516. The molecule has 2 amide bonds. The van der Waals surface area contributed by atoms with Crippen molar-refractivity contribution in [3.8, 4) is 0 Å². The molecule has 0 spiro atoms. The number of likely N-dealkylation sites (tertiary alicyclic amines) is 1. The summed E-state index contributed by atoms with van der Waals surface area (Å²) >= 11 is 0. The summed E-state index contributed by atoms with van der Waals surface area (Å²) in [4.78, 5) is 26.5. The number of aromatic nitrogens is 3. The molecule has 2 aromatic rings. The molecule has 2 atom stereocenters. The van der Waals surface area contributed by atoms with Crippen LogP contribution in [0.15, 0.2) is 29.2 Å². The first-order valence-corrected chi connectivity index (χ1v) is 9.29. The van der Waals surface area contributed by atoms with Crippen molar-refractivity contribution in [3.05, 3.63) is 34.9 Å². The second-order valence-corrected chi connectivity index (χ2v) is 7.23. The third-order valence-electron chi connectivity index (χ3n) is 5.57. The average Bonchev–Trinajstić information content (AvgIpc) is 3.20. The smallest absolute Gasteiger partial charge is 0.338 e. The third-order valence-corrected chi connectivity index (χ3v) is 5.57. The van der Waals surface area contributed by atoms with Gasteiger partial charge in [0.25, 0.3) is 0 Å². The number of nitrogens with one attached hydrogen (secondary N) is 1. The molecule has 7 heteroatoms. The van der Waals surface area contributed by atoms with Crippen molar-refractivity contribution in [2.24, 2.45) is 11.8 Å². The molecule has 0 bridgehead atoms. The van der Waals surface area contributed by atoms with Crippen LogP contribution in [0.5, 0.6) is 0 Å². The van der Waals surface area contributed by atoms with Crippen LogP contribution in [0.4, 0.5) is 4.79 Å². The maximum Gasteiger partial charge on any atom is 0.350 e. The normalized spacial score (nSPS) is 23.0. The minimum atomic E-state index is -0.134. The summed E-state index contributed by atoms with van der Waals surface area (Å²) in [5.74, 6) is 1.41. The van der Waals surface area contributed by atoms with Crippen LogP contribution < -0.4 is 11.0 Å². The number of carbonyl (C=O) groups excluding carboxylic acids is 1. The van der Waals surface area contributed by atoms with Crippen LogP contribution in [0.25, 0.3) is 5.65 Å². The Hall–Kier alpha value is -2.31. The molecule has 1 aliphatic carbocycles. The number of hydrogen-bond acceptors (Lipinski definition) is 3. The molecule has 4 rings (SSSR count). The molecule has 0 radical (unpaired) electrons. The number of urea groups is 1. The topological polar surface area (TPSA) is 71.6 Å². The van der Waals surface area contributed by atoms with Gasteiger partial charge in [0.15, 0.2) is 5.65 Å². The number of carbonyl (C=O) groups is 1. The van der Waals surface area contributed by atoms with Crippen molar-refractivity contribution in [3.63, 3.8) is 0 Å². The van der Waals surface area contributed by atoms with Gasteiger partial charge in [0.1, 0.15) is 0 Å². The average molecular weight is 343 g/mol. The summed E-state index contributed by atoms with van der Waals surface area (Å²) in [6.45, 7) is 2.88. The Morgan fingerprint density at radius 2 is 1.96 bits per heavy atom. The standard InChI is InChI=1S/C18H25N5O2/c24-17(21-12-14-6-1-2-7-15(14)13-21)19-9-5-11-23-18(25)22-10-4-3-8-16(22)20-23/h3-4,8,10,14-15H,1-2,5-7,9,11-13H2,(H,19,24)/t14-,15-/m0/s1. The first-order valence-electron chi connectivity index (χ1n) is 9.29. The van der Waals surface area contributed by atoms with Crippen molar-refractivity contribution in [1.29, 1.82) is 0 Å². The first kappa shape index (κ1) is 16.2. The minimum Gasteiger partial charge on any atom is -0.338 e. The Morgan fingerprint density at radius 3 is 2.68 bits per heavy atom. The summed E-state index contributed by atoms with van der Waals surface area (Å²) in [5, 5.41) is 7.29. The molecule has 1 saturated carbocycles. The Morgan fingerprint density at radius 1 is 1.20 bits per heavy atom. The van der Waals surface area contributed by atoms with Crippen LogP contribution >= 0.6 is 0 Å². The van der Waals surface area contributed by atoms with Crippen LogP contribution in [0.1, 0.15) is 32.1 Å². The van der Waals surface area contributed by atoms with E-state index in [1.807, 2.05) is 23.1 Å². The molecule has 1 N–H and O–H groups in total. The zero-order valence-corrected chi connectivity index (χ0v) is 14.4. The zero-order valence-electron chi connectivity index (χ0n) is 14.4. The van der Waals surface area contributed by atoms with E-state index in [0.29, 0.717) is 37.0 Å². The fourth-order valence-electron chi connectivity index (χ4n) is 4.22. The van der Waals surface area contributed by atoms with E-state index in [1.165, 1.54) is 34.8 Å². The van der Waals surface area contributed by atoms with Gasteiger partial charge in [-0.05, 0) is 43.2 Å². The predicted octanol–water partition coefficient (Wildman–Crippen LogP) is 1.72. The Balaban J connectivity index is 1.26. The SMILES string of the molecule is O=C(NCCCn1nc2ccccn2c1=O)N1C[C@@H]2CCCC[C@H]2C1. The molecule has 2 aliphatic rings. The minimum absolute atomic E-state index is 0.0387. The maximum atomic E-state index is 12.3. The van der Waals surface area contributed by atoms with Crippen LogP contribution in [0.3, 0.4) is 0 Å². The van der Waals surface area contributed by atoms with Crippen molar-refractivity contribution in [2.45, 2.75) is 38.6 Å². The van der Waals surface area contributed by atoms with Crippen molar-refractivity contribution >= 4 is 11.7 Å². The lowest BCUT2D eigenvalue weighted by Gasteiger charge is -2.22. The van der Waals surface area contributed by atoms with Gasteiger partial charge in [-0.15, -0.1) is 5.10 Å². The number of nitrogens with zero attached hydrogens (tertiary/aromatic N) is 4. The van der Waals surface area contributed by atoms with Crippen LogP contribution in [0.2, 0.25) is 0 Å². The molecule has 2 fully saturated rings. The Bertz CT molecular complexity index is 797. The maximum absolute atomic E-state index is 12.3. The molecule has 0 aromatic carbocycles. The number of aryl methyl sites for hydroxylation is 1. The molecule has 134 valence electrons. The molecule has 3 heterocycles. The molecular formula is C18H25N5O2. The molecule has 2 aromatic heterocycles. The molecule has 0 unspecified atom stereocenters. The molecular weight excluding hydrogens is 318 g/mol. The largest absolute Gasteiger partial charge is 0.350 e. The number of amides is 2. The second-order valence-electron chi connectivity index (χ2n) is 7.23. The van der Waals surface area contributed by atoms with E-state index in [2.05, 4.69) is 10.4 Å². The second kappa shape index (κ2) is 6.90. The van der Waals surface area contributed by atoms with Gasteiger partial charge < -0.3 is 10.2 Å². The third kappa shape index (κ3) is 3.27. The summed E-state index contributed by atoms with van der Waals surface area (Å²) < 4.78 is 3.00. The van der Waals surface area contributed by atoms with Gasteiger partial charge >= 0.3 is 11.7 Å². The van der Waals surface area contributed by atoms with Gasteiger partial charge in [-0.2, -0.15) is 0 Å². The van der Waals surface area contributed by atoms with Gasteiger partial charge in [-0.25, -0.2) is 14.3 Å². The number of rotatable bonds is 4. The summed E-state index contributed by atoms with van der Waals surface area (Å²) in [7, 11) is 0. The fourth-order valence-corrected chi connectivity index (χ4v) is 4.22. The van der Waals surface area contributed by atoms with Crippen LogP contribution in [0, 0.1) is 11.8 Å². The highest BCUT2D eigenvalue weighted by molar-refractivity contribution is 5.74. The lowest BCUT2D eigenvalue weighted by molar-refractivity contribution is 0.206. The first-order chi connectivity index (χ1) is 12.2. The highest BCUT2D eigenvalue weighted by atomic mass is 16.2. The van der Waals surface area contributed by atoms with Crippen molar-refractivity contribution < 1.29 is 4.79 Å². The van der Waals surface area contributed by atoms with Crippen molar-refractivity contribution in [1.82, 2.24) is 24.4 Å². The highest BCUT2D eigenvalue weighted by Crippen LogP contribution is 2.35. The van der Waals surface area contributed by atoms with Gasteiger partial charge in [0.2, 0.25) is 0 Å². The lowest BCUT2D eigenvalue weighted by Crippen LogP contribution is -2.39. The molecule has 1 saturated heterocycles. The van der Waals surface area contributed by atoms with Crippen LogP contribution in [-0.2, 0) is 6.54 Å². The number of fused-ring (bicyclic) bond motifs is 2. The van der Waals surface area contributed by atoms with E-state index in [-0.39, 0.29) is 11.7 Å². The quantitative estimate of drug-likeness (QED) is 0.859. The van der Waals surface area contributed by atoms with E-state index in [4.69, 9.17) is 0 Å². The Labute approximate surface area is 146 Å². The van der Waals surface area contributed by atoms with E-state index in [9.17, 15) is 9.59 Å². The van der Waals surface area contributed by atoms with Gasteiger partial charge in [0.05, 0.1) is 0 Å². The number of pyridine rings is 1. The monoisotopic (exact) mass is 343 g/mol. The lowest BCUT2D eigenvalue weighted by atomic mass is 9.82. The van der Waals surface area contributed by atoms with E-state index in [1.54, 1.807) is 6.20 Å². The molecule has 1 aliphatic heterocycles. The van der Waals surface area contributed by atoms with E-state index in [0.717, 1.165) is 13.1 Å². The zero-order chi connectivity index (χ0) is 17.2. The summed E-state index contributed by atoms with van der Waals surface area (Å²) in [6, 6.07) is 5.53. The predicted molar refractivity (Wildman–Crippen MR) is 94.5 cm³/mol. The number of hydrogen-bond donors (Lipinski definition) is 1. The van der Waals surface area contributed by atoms with Gasteiger partial charge in [-0.3, -0.25) is 4.40 Å². The summed E-state index contributed by atoms with van der Waals surface area (Å²) in [6.07, 6.45) is 7.57. The molecule has 25 heavy (non-hydrogen) atoms. The fraction of sp³-hybridized carbons (Fsp3) is 0.611. The molecule has 7 nitrogen and oxygen atoms in total. The van der Waals surface area contributed by atoms with E-state index >= 15 is 0 Å². The van der Waals surface area contributed by atoms with Crippen molar-refractivity contribution in [2.75, 3.05) is 19.6 Å². The highest BCUT2D eigenvalue weighted by Gasteiger charge is 2.36. The Kier molecular flexibility index (Phi) is 4.46.